The van der Waals surface area contributed by atoms with Crippen LogP contribution in [0, 0.1) is 0 Å². The molecule has 2 amide bonds. The van der Waals surface area contributed by atoms with Gasteiger partial charge in [0.2, 0.25) is 5.91 Å². The summed E-state index contributed by atoms with van der Waals surface area (Å²) in [7, 11) is 1.21. The average molecular weight is 380 g/mol. The number of hydrogen-bond acceptors (Lipinski definition) is 2. The van der Waals surface area contributed by atoms with Gasteiger partial charge in [-0.15, -0.1) is 0 Å². The molecule has 0 saturated heterocycles. The Morgan fingerprint density at radius 2 is 1.74 bits per heavy atom. The quantitative estimate of drug-likeness (QED) is 0.824. The number of alkyl halides is 3. The van der Waals surface area contributed by atoms with E-state index in [4.69, 9.17) is 5.11 Å². The summed E-state index contributed by atoms with van der Waals surface area (Å²) in [6.07, 6.45) is -5.88. The largest absolute Gasteiger partial charge is 0.465 e. The summed E-state index contributed by atoms with van der Waals surface area (Å²) >= 11 is 0. The normalized spacial score (nSPS) is 12.3. The molecule has 2 rings (SSSR count). The highest BCUT2D eigenvalue weighted by atomic mass is 19.4. The van der Waals surface area contributed by atoms with Crippen LogP contribution in [0.3, 0.4) is 0 Å². The molecule has 0 radical (unpaired) electrons. The molecular weight excluding hydrogens is 361 g/mol. The lowest BCUT2D eigenvalue weighted by atomic mass is 9.98. The summed E-state index contributed by atoms with van der Waals surface area (Å²) in [5.74, 6) is -0.682. The Hall–Kier alpha value is -3.03. The number of nitrogens with one attached hydrogen (secondary N) is 1. The number of nitrogens with zero attached hydrogens (tertiary/aromatic N) is 1. The van der Waals surface area contributed by atoms with Gasteiger partial charge in [0, 0.05) is 13.6 Å². The Bertz CT molecular complexity index is 823. The lowest BCUT2D eigenvalue weighted by Gasteiger charge is -2.21. The van der Waals surface area contributed by atoms with Crippen LogP contribution in [0.2, 0.25) is 0 Å². The molecule has 0 aliphatic carbocycles. The summed E-state index contributed by atoms with van der Waals surface area (Å²) in [6, 6.07) is 11.6. The molecule has 5 nitrogen and oxygen atoms in total. The fourth-order valence-electron chi connectivity index (χ4n) is 2.50. The van der Waals surface area contributed by atoms with Crippen LogP contribution in [-0.2, 0) is 17.5 Å². The van der Waals surface area contributed by atoms with Gasteiger partial charge in [-0.1, -0.05) is 36.4 Å². The first-order chi connectivity index (χ1) is 12.6. The van der Waals surface area contributed by atoms with Crippen molar-refractivity contribution in [1.82, 2.24) is 10.2 Å². The van der Waals surface area contributed by atoms with Crippen molar-refractivity contribution in [2.75, 3.05) is 7.05 Å². The van der Waals surface area contributed by atoms with Gasteiger partial charge in [-0.3, -0.25) is 9.69 Å². The van der Waals surface area contributed by atoms with Crippen molar-refractivity contribution in [3.8, 4) is 11.1 Å². The lowest BCUT2D eigenvalue weighted by molar-refractivity contribution is -0.138. The molecule has 8 heteroatoms. The minimum atomic E-state index is -4.57. The maximum Gasteiger partial charge on any atom is 0.416 e. The highest BCUT2D eigenvalue weighted by molar-refractivity contribution is 5.84. The van der Waals surface area contributed by atoms with E-state index in [1.54, 1.807) is 30.3 Å². The second-order valence-electron chi connectivity index (χ2n) is 6.02. The number of carbonyl (C=O) groups excluding carboxylic acids is 1. The average Bonchev–Trinajstić information content (AvgIpc) is 2.64. The van der Waals surface area contributed by atoms with E-state index in [2.05, 4.69) is 5.32 Å². The van der Waals surface area contributed by atoms with E-state index < -0.39 is 29.8 Å². The molecule has 0 saturated carbocycles. The summed E-state index contributed by atoms with van der Waals surface area (Å²) in [6.45, 7) is 0.987. The summed E-state index contributed by atoms with van der Waals surface area (Å²) in [4.78, 5) is 23.8. The molecule has 1 atom stereocenters. The van der Waals surface area contributed by atoms with Crippen LogP contribution >= 0.6 is 0 Å². The van der Waals surface area contributed by atoms with Crippen molar-refractivity contribution in [3.63, 3.8) is 0 Å². The van der Waals surface area contributed by atoms with Gasteiger partial charge in [-0.25, -0.2) is 4.79 Å². The van der Waals surface area contributed by atoms with Crippen LogP contribution in [0.15, 0.2) is 48.5 Å². The van der Waals surface area contributed by atoms with Gasteiger partial charge in [-0.2, -0.15) is 13.2 Å². The molecule has 2 N–H and O–H groups in total. The van der Waals surface area contributed by atoms with E-state index in [0.717, 1.165) is 16.5 Å². The third-order valence-corrected chi connectivity index (χ3v) is 4.23. The third kappa shape index (κ3) is 4.99. The smallest absolute Gasteiger partial charge is 0.416 e. The zero-order valence-corrected chi connectivity index (χ0v) is 14.7. The molecule has 1 unspecified atom stereocenters. The summed E-state index contributed by atoms with van der Waals surface area (Å²) < 4.78 is 39.9. The fourth-order valence-corrected chi connectivity index (χ4v) is 2.50. The molecule has 2 aromatic carbocycles. The minimum absolute atomic E-state index is 0.0950. The molecule has 0 bridgehead atoms. The number of hydrogen-bond donors (Lipinski definition) is 2. The zero-order valence-electron chi connectivity index (χ0n) is 14.7. The number of rotatable bonds is 5. The molecular formula is C19H19F3N2O3. The molecule has 0 aliphatic heterocycles. The Kier molecular flexibility index (Phi) is 6.09. The highest BCUT2D eigenvalue weighted by Gasteiger charge is 2.33. The van der Waals surface area contributed by atoms with E-state index >= 15 is 0 Å². The van der Waals surface area contributed by atoms with E-state index in [-0.39, 0.29) is 12.1 Å². The van der Waals surface area contributed by atoms with Crippen LogP contribution < -0.4 is 5.32 Å². The molecule has 0 aromatic heterocycles. The number of carbonyl (C=O) groups is 2. The number of carboxylic acid groups (broad SMARTS) is 1. The van der Waals surface area contributed by atoms with Gasteiger partial charge < -0.3 is 10.4 Å². The molecule has 0 aliphatic rings. The second kappa shape index (κ2) is 8.11. The van der Waals surface area contributed by atoms with Crippen LogP contribution in [0.4, 0.5) is 18.0 Å². The van der Waals surface area contributed by atoms with Crippen molar-refractivity contribution >= 4 is 12.0 Å². The predicted octanol–water partition coefficient (Wildman–Crippen LogP) is 3.99. The highest BCUT2D eigenvalue weighted by Crippen LogP contribution is 2.34. The first-order valence-corrected chi connectivity index (χ1v) is 8.10. The number of halogens is 3. The minimum Gasteiger partial charge on any atom is -0.465 e. The molecule has 2 aromatic rings. The van der Waals surface area contributed by atoms with Crippen molar-refractivity contribution in [3.05, 3.63) is 59.7 Å². The molecule has 0 heterocycles. The molecule has 144 valence electrons. The fraction of sp³-hybridized carbons (Fsp3) is 0.263. The molecule has 27 heavy (non-hydrogen) atoms. The first-order valence-electron chi connectivity index (χ1n) is 8.10. The van der Waals surface area contributed by atoms with E-state index in [1.807, 2.05) is 0 Å². The Labute approximate surface area is 154 Å². The Morgan fingerprint density at radius 1 is 1.11 bits per heavy atom. The molecule has 0 fully saturated rings. The Morgan fingerprint density at radius 3 is 2.30 bits per heavy atom. The van der Waals surface area contributed by atoms with Gasteiger partial charge in [-0.05, 0) is 35.7 Å². The second-order valence-corrected chi connectivity index (χ2v) is 6.02. The van der Waals surface area contributed by atoms with E-state index in [0.29, 0.717) is 5.56 Å². The van der Waals surface area contributed by atoms with Crippen LogP contribution in [0.1, 0.15) is 18.1 Å². The van der Waals surface area contributed by atoms with Crippen LogP contribution in [-0.4, -0.2) is 35.1 Å². The number of benzene rings is 2. The van der Waals surface area contributed by atoms with Crippen molar-refractivity contribution in [2.45, 2.75) is 25.7 Å². The third-order valence-electron chi connectivity index (χ3n) is 4.23. The topological polar surface area (TPSA) is 69.6 Å². The van der Waals surface area contributed by atoms with Gasteiger partial charge in [0.15, 0.2) is 0 Å². The van der Waals surface area contributed by atoms with Crippen molar-refractivity contribution in [1.29, 1.82) is 0 Å². The standard InChI is InChI=1S/C19H19F3N2O3/c1-12(24(2)18(26)27)17(25)23-11-15-10-14(13-6-4-3-5-7-13)8-9-16(15)19(20,21)22/h3-10,12H,11H2,1-2H3,(H,23,25)(H,26,27). The first kappa shape index (κ1) is 20.3. The number of amides is 2. The molecule has 0 spiro atoms. The van der Waals surface area contributed by atoms with Gasteiger partial charge in [0.05, 0.1) is 5.56 Å². The summed E-state index contributed by atoms with van der Waals surface area (Å²) in [5, 5.41) is 11.3. The van der Waals surface area contributed by atoms with Crippen molar-refractivity contribution in [2.24, 2.45) is 0 Å². The zero-order chi connectivity index (χ0) is 20.2. The monoisotopic (exact) mass is 380 g/mol. The maximum atomic E-state index is 13.3. The van der Waals surface area contributed by atoms with Crippen LogP contribution in [0.5, 0.6) is 0 Å². The maximum absolute atomic E-state index is 13.3. The van der Waals surface area contributed by atoms with Crippen molar-refractivity contribution < 1.29 is 27.9 Å². The van der Waals surface area contributed by atoms with Gasteiger partial charge >= 0.3 is 12.3 Å². The van der Waals surface area contributed by atoms with Crippen LogP contribution in [0.25, 0.3) is 11.1 Å². The SMILES string of the molecule is CC(C(=O)NCc1cc(-c2ccccc2)ccc1C(F)(F)F)N(C)C(=O)O. The van der Waals surface area contributed by atoms with E-state index in [9.17, 15) is 22.8 Å². The number of likely N-dealkylation sites (N-methyl/N-ethyl adjacent to an activating group) is 1. The lowest BCUT2D eigenvalue weighted by Crippen LogP contribution is -2.45. The van der Waals surface area contributed by atoms with Gasteiger partial charge in [0.1, 0.15) is 6.04 Å². The Balaban J connectivity index is 2.28. The predicted molar refractivity (Wildman–Crippen MR) is 94.0 cm³/mol. The van der Waals surface area contributed by atoms with E-state index in [1.165, 1.54) is 26.1 Å². The summed E-state index contributed by atoms with van der Waals surface area (Å²) in [5.41, 5.74) is 0.394. The van der Waals surface area contributed by atoms with Gasteiger partial charge in [0.25, 0.3) is 0 Å².